The number of hydrogen-bond acceptors (Lipinski definition) is 4. The van der Waals surface area contributed by atoms with Crippen LogP contribution < -0.4 is 4.74 Å². The van der Waals surface area contributed by atoms with Crippen LogP contribution in [0, 0.1) is 5.82 Å². The second kappa shape index (κ2) is 6.32. The van der Waals surface area contributed by atoms with Gasteiger partial charge in [-0.15, -0.1) is 0 Å². The molecule has 5 heteroatoms. The SMILES string of the molecule is CO[C@]1(COc2ccc(F)cc2)CCN(CCO)C1. The van der Waals surface area contributed by atoms with Crippen molar-refractivity contribution in [1.82, 2.24) is 4.90 Å². The maximum atomic E-state index is 12.8. The van der Waals surface area contributed by atoms with E-state index in [4.69, 9.17) is 14.6 Å². The van der Waals surface area contributed by atoms with Crippen LogP contribution in [0.1, 0.15) is 6.42 Å². The summed E-state index contributed by atoms with van der Waals surface area (Å²) in [4.78, 5) is 2.15. The topological polar surface area (TPSA) is 41.9 Å². The lowest BCUT2D eigenvalue weighted by atomic mass is 10.1. The average molecular weight is 269 g/mol. The maximum Gasteiger partial charge on any atom is 0.123 e. The van der Waals surface area contributed by atoms with Crippen molar-refractivity contribution in [1.29, 1.82) is 0 Å². The van der Waals surface area contributed by atoms with Crippen LogP contribution in [-0.4, -0.2) is 55.6 Å². The molecule has 0 bridgehead atoms. The Morgan fingerprint density at radius 2 is 2.11 bits per heavy atom. The molecule has 19 heavy (non-hydrogen) atoms. The van der Waals surface area contributed by atoms with E-state index in [-0.39, 0.29) is 18.0 Å². The van der Waals surface area contributed by atoms with Gasteiger partial charge >= 0.3 is 0 Å². The van der Waals surface area contributed by atoms with Crippen molar-refractivity contribution in [2.24, 2.45) is 0 Å². The lowest BCUT2D eigenvalue weighted by Gasteiger charge is -2.28. The molecule has 1 saturated heterocycles. The Hall–Kier alpha value is -1.17. The van der Waals surface area contributed by atoms with Gasteiger partial charge in [0.2, 0.25) is 0 Å². The van der Waals surface area contributed by atoms with Crippen LogP contribution in [0.2, 0.25) is 0 Å². The van der Waals surface area contributed by atoms with Crippen molar-refractivity contribution in [3.8, 4) is 5.75 Å². The Labute approximate surface area is 112 Å². The van der Waals surface area contributed by atoms with Gasteiger partial charge in [-0.05, 0) is 30.7 Å². The summed E-state index contributed by atoms with van der Waals surface area (Å²) in [7, 11) is 1.68. The van der Waals surface area contributed by atoms with Crippen molar-refractivity contribution in [2.45, 2.75) is 12.0 Å². The van der Waals surface area contributed by atoms with E-state index in [1.807, 2.05) is 0 Å². The van der Waals surface area contributed by atoms with Gasteiger partial charge in [-0.3, -0.25) is 4.90 Å². The molecule has 106 valence electrons. The molecule has 0 amide bonds. The molecule has 2 rings (SSSR count). The molecule has 0 aliphatic carbocycles. The van der Waals surface area contributed by atoms with Gasteiger partial charge in [-0.1, -0.05) is 0 Å². The van der Waals surface area contributed by atoms with E-state index in [1.54, 1.807) is 19.2 Å². The van der Waals surface area contributed by atoms with E-state index in [0.29, 0.717) is 18.9 Å². The molecule has 0 spiro atoms. The zero-order valence-electron chi connectivity index (χ0n) is 11.1. The number of aliphatic hydroxyl groups is 1. The predicted octanol–water partition coefficient (Wildman–Crippen LogP) is 1.29. The monoisotopic (exact) mass is 269 g/mol. The molecule has 1 aromatic rings. The molecule has 0 saturated carbocycles. The molecule has 0 unspecified atom stereocenters. The summed E-state index contributed by atoms with van der Waals surface area (Å²) in [6.45, 7) is 2.86. The summed E-state index contributed by atoms with van der Waals surface area (Å²) in [5, 5.41) is 8.95. The summed E-state index contributed by atoms with van der Waals surface area (Å²) in [6, 6.07) is 5.97. The van der Waals surface area contributed by atoms with Gasteiger partial charge < -0.3 is 14.6 Å². The zero-order chi connectivity index (χ0) is 13.7. The van der Waals surface area contributed by atoms with Crippen molar-refractivity contribution in [2.75, 3.05) is 40.0 Å². The minimum absolute atomic E-state index is 0.151. The molecule has 1 heterocycles. The van der Waals surface area contributed by atoms with Crippen LogP contribution in [0.25, 0.3) is 0 Å². The van der Waals surface area contributed by atoms with Gasteiger partial charge in [0.15, 0.2) is 0 Å². The van der Waals surface area contributed by atoms with Crippen LogP contribution in [-0.2, 0) is 4.74 Å². The number of halogens is 1. The zero-order valence-corrected chi connectivity index (χ0v) is 11.1. The van der Waals surface area contributed by atoms with Crippen LogP contribution >= 0.6 is 0 Å². The first-order valence-electron chi connectivity index (χ1n) is 6.44. The fourth-order valence-electron chi connectivity index (χ4n) is 2.35. The quantitative estimate of drug-likeness (QED) is 0.845. The molecule has 1 atom stereocenters. The van der Waals surface area contributed by atoms with Crippen LogP contribution in [0.4, 0.5) is 4.39 Å². The second-order valence-electron chi connectivity index (χ2n) is 4.88. The summed E-state index contributed by atoms with van der Waals surface area (Å²) in [6.07, 6.45) is 0.866. The summed E-state index contributed by atoms with van der Waals surface area (Å²) in [5.74, 6) is 0.363. The number of rotatable bonds is 6. The Bertz CT molecular complexity index is 398. The second-order valence-corrected chi connectivity index (χ2v) is 4.88. The largest absolute Gasteiger partial charge is 0.491 e. The molecule has 1 aliphatic rings. The highest BCUT2D eigenvalue weighted by Crippen LogP contribution is 2.26. The van der Waals surface area contributed by atoms with Crippen molar-refractivity contribution in [3.63, 3.8) is 0 Å². The Kier molecular flexibility index (Phi) is 4.74. The molecule has 4 nitrogen and oxygen atoms in total. The van der Waals surface area contributed by atoms with E-state index in [2.05, 4.69) is 4.90 Å². The third kappa shape index (κ3) is 3.65. The first-order valence-corrected chi connectivity index (χ1v) is 6.44. The first kappa shape index (κ1) is 14.2. The minimum Gasteiger partial charge on any atom is -0.491 e. The number of benzene rings is 1. The van der Waals surface area contributed by atoms with Gasteiger partial charge in [0.25, 0.3) is 0 Å². The molecule has 1 fully saturated rings. The summed E-state index contributed by atoms with van der Waals surface area (Å²) >= 11 is 0. The number of hydrogen-bond donors (Lipinski definition) is 1. The average Bonchev–Trinajstić information content (AvgIpc) is 2.83. The Balaban J connectivity index is 1.91. The first-order chi connectivity index (χ1) is 9.17. The number of ether oxygens (including phenoxy) is 2. The highest BCUT2D eigenvalue weighted by molar-refractivity contribution is 5.22. The molecule has 1 aromatic carbocycles. The van der Waals surface area contributed by atoms with E-state index in [1.165, 1.54) is 12.1 Å². The van der Waals surface area contributed by atoms with Crippen molar-refractivity contribution >= 4 is 0 Å². The molecule has 0 radical (unpaired) electrons. The van der Waals surface area contributed by atoms with E-state index in [0.717, 1.165) is 19.5 Å². The molecule has 0 aromatic heterocycles. The molecular formula is C14H20FNO3. The van der Waals surface area contributed by atoms with E-state index >= 15 is 0 Å². The third-order valence-electron chi connectivity index (χ3n) is 3.56. The fourth-order valence-corrected chi connectivity index (χ4v) is 2.35. The van der Waals surface area contributed by atoms with Crippen LogP contribution in [0.5, 0.6) is 5.75 Å². The summed E-state index contributed by atoms with van der Waals surface area (Å²) in [5.41, 5.74) is -0.344. The van der Waals surface area contributed by atoms with Crippen molar-refractivity contribution < 1.29 is 19.0 Å². The summed E-state index contributed by atoms with van der Waals surface area (Å²) < 4.78 is 24.1. The van der Waals surface area contributed by atoms with Gasteiger partial charge in [0, 0.05) is 26.7 Å². The van der Waals surface area contributed by atoms with Gasteiger partial charge in [0.1, 0.15) is 23.8 Å². The minimum atomic E-state index is -0.344. The van der Waals surface area contributed by atoms with Crippen LogP contribution in [0.15, 0.2) is 24.3 Å². The normalized spacial score (nSPS) is 23.7. The van der Waals surface area contributed by atoms with Gasteiger partial charge in [-0.25, -0.2) is 4.39 Å². The van der Waals surface area contributed by atoms with Gasteiger partial charge in [-0.2, -0.15) is 0 Å². The Morgan fingerprint density at radius 3 is 2.74 bits per heavy atom. The standard InChI is InChI=1S/C14H20FNO3/c1-18-14(6-7-16(10-14)8-9-17)11-19-13-4-2-12(15)3-5-13/h2-5,17H,6-11H2,1H3/t14-/m1/s1. The van der Waals surface area contributed by atoms with E-state index < -0.39 is 0 Å². The molecular weight excluding hydrogens is 249 g/mol. The lowest BCUT2D eigenvalue weighted by Crippen LogP contribution is -2.41. The van der Waals surface area contributed by atoms with Crippen molar-refractivity contribution in [3.05, 3.63) is 30.1 Å². The van der Waals surface area contributed by atoms with Crippen LogP contribution in [0.3, 0.4) is 0 Å². The molecule has 1 aliphatic heterocycles. The Morgan fingerprint density at radius 1 is 1.37 bits per heavy atom. The highest BCUT2D eigenvalue weighted by atomic mass is 19.1. The fraction of sp³-hybridized carbons (Fsp3) is 0.571. The maximum absolute atomic E-state index is 12.8. The number of methoxy groups -OCH3 is 1. The number of aliphatic hydroxyl groups excluding tert-OH is 1. The smallest absolute Gasteiger partial charge is 0.123 e. The van der Waals surface area contributed by atoms with Gasteiger partial charge in [0.05, 0.1) is 6.61 Å². The number of β-amino-alcohol motifs (C(OH)–C–C–N with tert-alkyl or cyclic N) is 1. The number of nitrogens with zero attached hydrogens (tertiary/aromatic N) is 1. The third-order valence-corrected chi connectivity index (χ3v) is 3.56. The lowest BCUT2D eigenvalue weighted by molar-refractivity contribution is -0.0360. The highest BCUT2D eigenvalue weighted by Gasteiger charge is 2.38. The predicted molar refractivity (Wildman–Crippen MR) is 69.8 cm³/mol. The number of likely N-dealkylation sites (tertiary alicyclic amines) is 1. The van der Waals surface area contributed by atoms with E-state index in [9.17, 15) is 4.39 Å². The molecule has 1 N–H and O–H groups in total.